The highest BCUT2D eigenvalue weighted by Crippen LogP contribution is 2.48. The molecule has 3 aliphatic rings. The van der Waals surface area contributed by atoms with E-state index in [1.807, 2.05) is 18.2 Å². The van der Waals surface area contributed by atoms with Crippen LogP contribution in [0.4, 0.5) is 8.78 Å². The molecule has 0 spiro atoms. The van der Waals surface area contributed by atoms with E-state index < -0.39 is 11.9 Å². The molecule has 3 heterocycles. The fourth-order valence-electron chi connectivity index (χ4n) is 5.05. The lowest BCUT2D eigenvalue weighted by Gasteiger charge is -2.52. The van der Waals surface area contributed by atoms with Crippen LogP contribution in [0.25, 0.3) is 0 Å². The zero-order chi connectivity index (χ0) is 19.4. The summed E-state index contributed by atoms with van der Waals surface area (Å²) in [5.41, 5.74) is 0.859. The zero-order valence-electron chi connectivity index (χ0n) is 15.5. The molecule has 1 N–H and O–H groups in total. The Morgan fingerprint density at radius 2 is 1.64 bits per heavy atom. The van der Waals surface area contributed by atoms with E-state index in [1.54, 1.807) is 6.07 Å². The lowest BCUT2D eigenvalue weighted by molar-refractivity contribution is -0.286. The highest BCUT2D eigenvalue weighted by molar-refractivity contribution is 5.47. The van der Waals surface area contributed by atoms with Crippen molar-refractivity contribution in [2.75, 3.05) is 0 Å². The predicted molar refractivity (Wildman–Crippen MR) is 99.2 cm³/mol. The summed E-state index contributed by atoms with van der Waals surface area (Å²) < 4.78 is 35.7. The van der Waals surface area contributed by atoms with Gasteiger partial charge in [0.1, 0.15) is 0 Å². The summed E-state index contributed by atoms with van der Waals surface area (Å²) in [5, 5.41) is 11.5. The molecule has 3 aliphatic heterocycles. The molecule has 0 aliphatic carbocycles. The van der Waals surface area contributed by atoms with Crippen LogP contribution in [-0.4, -0.2) is 28.4 Å². The van der Waals surface area contributed by atoms with Gasteiger partial charge in [-0.2, -0.15) is 0 Å². The minimum atomic E-state index is -3.64. The van der Waals surface area contributed by atoms with Crippen molar-refractivity contribution >= 4 is 0 Å². The third kappa shape index (κ3) is 3.14. The summed E-state index contributed by atoms with van der Waals surface area (Å²) >= 11 is 0. The number of aliphatic hydroxyl groups is 1. The average Bonchev–Trinajstić information content (AvgIpc) is 2.96. The van der Waals surface area contributed by atoms with Crippen LogP contribution < -0.4 is 9.47 Å². The number of alkyl halides is 2. The lowest BCUT2D eigenvalue weighted by atomic mass is 9.72. The molecule has 148 valence electrons. The first-order valence-electron chi connectivity index (χ1n) is 9.84. The number of fused-ring (bicyclic) bond motifs is 3. The van der Waals surface area contributed by atoms with E-state index in [0.29, 0.717) is 18.4 Å². The Hall–Kier alpha value is -2.18. The quantitative estimate of drug-likeness (QED) is 0.847. The molecule has 2 unspecified atom stereocenters. The second-order valence-corrected chi connectivity index (χ2v) is 8.17. The number of hydrogen-bond donors (Lipinski definition) is 1. The topological polar surface area (TPSA) is 41.9 Å². The Balaban J connectivity index is 1.40. The first-order valence-corrected chi connectivity index (χ1v) is 9.84. The van der Waals surface area contributed by atoms with Crippen molar-refractivity contribution in [3.05, 3.63) is 59.7 Å². The van der Waals surface area contributed by atoms with Crippen LogP contribution in [0.15, 0.2) is 48.5 Å². The lowest BCUT2D eigenvalue weighted by Crippen LogP contribution is -2.56. The maximum atomic E-state index is 13.3. The number of nitrogens with zero attached hydrogens (tertiary/aromatic N) is 1. The second kappa shape index (κ2) is 6.42. The Labute approximate surface area is 162 Å². The van der Waals surface area contributed by atoms with Gasteiger partial charge < -0.3 is 14.6 Å². The largest absolute Gasteiger partial charge is 0.586 e. The Morgan fingerprint density at radius 1 is 0.964 bits per heavy atom. The van der Waals surface area contributed by atoms with Crippen LogP contribution >= 0.6 is 0 Å². The van der Waals surface area contributed by atoms with E-state index >= 15 is 0 Å². The SMILES string of the molecule is OC1(c2ccc3c(c2)OC(F)(F)O3)CC2CCCC(C1)N2Cc1ccccc1. The molecule has 2 saturated heterocycles. The third-order valence-corrected chi connectivity index (χ3v) is 6.31. The van der Waals surface area contributed by atoms with Crippen molar-refractivity contribution in [2.24, 2.45) is 0 Å². The van der Waals surface area contributed by atoms with Gasteiger partial charge in [0, 0.05) is 18.6 Å². The van der Waals surface area contributed by atoms with Crippen molar-refractivity contribution in [2.45, 2.75) is 62.6 Å². The number of hydrogen-bond acceptors (Lipinski definition) is 4. The van der Waals surface area contributed by atoms with Crippen LogP contribution in [-0.2, 0) is 12.1 Å². The Kier molecular flexibility index (Phi) is 4.10. The molecule has 2 bridgehead atoms. The maximum Gasteiger partial charge on any atom is 0.586 e. The molecule has 2 atom stereocenters. The molecule has 0 aromatic heterocycles. The minimum Gasteiger partial charge on any atom is -0.395 e. The van der Waals surface area contributed by atoms with Crippen molar-refractivity contribution in [1.29, 1.82) is 0 Å². The van der Waals surface area contributed by atoms with E-state index in [2.05, 4.69) is 26.5 Å². The fourth-order valence-corrected chi connectivity index (χ4v) is 5.05. The summed E-state index contributed by atoms with van der Waals surface area (Å²) in [6, 6.07) is 15.6. The highest BCUT2D eigenvalue weighted by Gasteiger charge is 2.48. The molecule has 6 heteroatoms. The highest BCUT2D eigenvalue weighted by atomic mass is 19.3. The summed E-state index contributed by atoms with van der Waals surface area (Å²) in [6.45, 7) is 0.875. The van der Waals surface area contributed by atoms with Crippen molar-refractivity contribution < 1.29 is 23.4 Å². The summed E-state index contributed by atoms with van der Waals surface area (Å²) in [5.74, 6) is 0.00635. The number of benzene rings is 2. The van der Waals surface area contributed by atoms with Gasteiger partial charge in [0.25, 0.3) is 0 Å². The molecule has 28 heavy (non-hydrogen) atoms. The molecule has 0 saturated carbocycles. The number of ether oxygens (including phenoxy) is 2. The van der Waals surface area contributed by atoms with Crippen molar-refractivity contribution in [3.63, 3.8) is 0 Å². The van der Waals surface area contributed by atoms with Gasteiger partial charge >= 0.3 is 6.29 Å². The summed E-state index contributed by atoms with van der Waals surface area (Å²) in [6.07, 6.45) is 0.768. The normalized spacial score (nSPS) is 31.0. The van der Waals surface area contributed by atoms with Gasteiger partial charge in [-0.1, -0.05) is 42.8 Å². The summed E-state index contributed by atoms with van der Waals surface area (Å²) in [4.78, 5) is 2.51. The predicted octanol–water partition coefficient (Wildman–Crippen LogP) is 4.41. The average molecular weight is 387 g/mol. The van der Waals surface area contributed by atoms with Crippen molar-refractivity contribution in [1.82, 2.24) is 4.90 Å². The van der Waals surface area contributed by atoms with Gasteiger partial charge in [0.15, 0.2) is 11.5 Å². The van der Waals surface area contributed by atoms with E-state index in [-0.39, 0.29) is 23.6 Å². The molecule has 4 nitrogen and oxygen atoms in total. The van der Waals surface area contributed by atoms with Gasteiger partial charge in [-0.15, -0.1) is 8.78 Å². The fraction of sp³-hybridized carbons (Fsp3) is 0.455. The zero-order valence-corrected chi connectivity index (χ0v) is 15.5. The Bertz CT molecular complexity index is 859. The molecule has 2 aromatic rings. The number of piperidine rings is 2. The van der Waals surface area contributed by atoms with E-state index in [9.17, 15) is 13.9 Å². The van der Waals surface area contributed by atoms with Crippen LogP contribution in [0.1, 0.15) is 43.2 Å². The first kappa shape index (κ1) is 17.9. The van der Waals surface area contributed by atoms with Crippen molar-refractivity contribution in [3.8, 4) is 11.5 Å². The molecule has 0 amide bonds. The monoisotopic (exact) mass is 387 g/mol. The van der Waals surface area contributed by atoms with Gasteiger partial charge in [-0.25, -0.2) is 0 Å². The molecule has 5 rings (SSSR count). The Morgan fingerprint density at radius 3 is 2.36 bits per heavy atom. The van der Waals surface area contributed by atoms with Gasteiger partial charge in [-0.05, 0) is 48.9 Å². The number of rotatable bonds is 3. The van der Waals surface area contributed by atoms with E-state index in [1.165, 1.54) is 17.7 Å². The first-order chi connectivity index (χ1) is 13.4. The number of halogens is 2. The van der Waals surface area contributed by atoms with Gasteiger partial charge in [0.2, 0.25) is 0 Å². The van der Waals surface area contributed by atoms with Gasteiger partial charge in [0.05, 0.1) is 5.60 Å². The second-order valence-electron chi connectivity index (χ2n) is 8.17. The third-order valence-electron chi connectivity index (χ3n) is 6.31. The van der Waals surface area contributed by atoms with Gasteiger partial charge in [-0.3, -0.25) is 4.90 Å². The molecule has 0 radical (unpaired) electrons. The standard InChI is InChI=1S/C22H23F2NO3/c23-22(24)27-19-10-9-16(11-20(19)28-22)21(26)12-17-7-4-8-18(13-21)25(17)14-15-5-2-1-3-6-15/h1-3,5-6,9-11,17-18,26H,4,7-8,12-14H2. The molecular weight excluding hydrogens is 364 g/mol. The summed E-state index contributed by atoms with van der Waals surface area (Å²) in [7, 11) is 0. The molecular formula is C22H23F2NO3. The maximum absolute atomic E-state index is 13.3. The molecule has 2 aromatic carbocycles. The van der Waals surface area contributed by atoms with Crippen LogP contribution in [0, 0.1) is 0 Å². The van der Waals surface area contributed by atoms with Crippen LogP contribution in [0.3, 0.4) is 0 Å². The van der Waals surface area contributed by atoms with Crippen LogP contribution in [0.2, 0.25) is 0 Å². The minimum absolute atomic E-state index is 0.00667. The smallest absolute Gasteiger partial charge is 0.395 e. The van der Waals surface area contributed by atoms with E-state index in [0.717, 1.165) is 25.8 Å². The van der Waals surface area contributed by atoms with Crippen LogP contribution in [0.5, 0.6) is 11.5 Å². The van der Waals surface area contributed by atoms with E-state index in [4.69, 9.17) is 0 Å². The molecule has 2 fully saturated rings.